The first-order valence-electron chi connectivity index (χ1n) is 3.72. The number of aromatic nitrogens is 2. The van der Waals surface area contributed by atoms with Gasteiger partial charge in [0.25, 0.3) is 0 Å². The highest BCUT2D eigenvalue weighted by molar-refractivity contribution is 7.06. The highest BCUT2D eigenvalue weighted by atomic mass is 32.1. The Labute approximate surface area is 71.1 Å². The maximum Gasteiger partial charge on any atom is 0.0800 e. The highest BCUT2D eigenvalue weighted by Gasteiger charge is 2.05. The van der Waals surface area contributed by atoms with Crippen molar-refractivity contribution in [2.24, 2.45) is 0 Å². The molecule has 0 aliphatic carbocycles. The molecule has 0 N–H and O–H groups in total. The Hall–Kier alpha value is -0.700. The SMILES string of the molecule is C=C(CCC)c1snnc1C. The van der Waals surface area contributed by atoms with Crippen LogP contribution in [0.2, 0.25) is 0 Å². The fourth-order valence-electron chi connectivity index (χ4n) is 0.970. The minimum absolute atomic E-state index is 1.01. The van der Waals surface area contributed by atoms with Crippen LogP contribution in [-0.2, 0) is 0 Å². The normalized spacial score (nSPS) is 10.0. The predicted octanol–water partition coefficient (Wildman–Crippen LogP) is 2.66. The monoisotopic (exact) mass is 168 g/mol. The second kappa shape index (κ2) is 3.62. The molecule has 0 saturated carbocycles. The molecule has 0 amide bonds. The number of nitrogens with zero attached hydrogens (tertiary/aromatic N) is 2. The first-order chi connectivity index (χ1) is 5.25. The Kier molecular flexibility index (Phi) is 2.76. The smallest absolute Gasteiger partial charge is 0.0800 e. The van der Waals surface area contributed by atoms with Gasteiger partial charge >= 0.3 is 0 Å². The fraction of sp³-hybridized carbons (Fsp3) is 0.500. The van der Waals surface area contributed by atoms with Crippen LogP contribution in [0.3, 0.4) is 0 Å². The second-order valence-electron chi connectivity index (χ2n) is 2.54. The molecule has 3 heteroatoms. The van der Waals surface area contributed by atoms with Gasteiger partial charge in [-0.15, -0.1) is 5.10 Å². The van der Waals surface area contributed by atoms with Crippen LogP contribution < -0.4 is 0 Å². The Bertz CT molecular complexity index is 252. The Morgan fingerprint density at radius 1 is 1.64 bits per heavy atom. The second-order valence-corrected chi connectivity index (χ2v) is 3.30. The topological polar surface area (TPSA) is 25.8 Å². The van der Waals surface area contributed by atoms with Crippen molar-refractivity contribution in [3.8, 4) is 0 Å². The number of allylic oxidation sites excluding steroid dienone is 1. The molecule has 60 valence electrons. The maximum atomic E-state index is 3.98. The molecule has 0 aromatic carbocycles. The molecular formula is C8H12N2S. The third-order valence-electron chi connectivity index (χ3n) is 1.52. The van der Waals surface area contributed by atoms with Gasteiger partial charge in [0, 0.05) is 0 Å². The molecule has 0 saturated heterocycles. The van der Waals surface area contributed by atoms with Crippen molar-refractivity contribution in [2.75, 3.05) is 0 Å². The van der Waals surface area contributed by atoms with Gasteiger partial charge in [-0.2, -0.15) is 0 Å². The van der Waals surface area contributed by atoms with Gasteiger partial charge in [-0.05, 0) is 30.5 Å². The average molecular weight is 168 g/mol. The summed E-state index contributed by atoms with van der Waals surface area (Å²) in [5.74, 6) is 0. The summed E-state index contributed by atoms with van der Waals surface area (Å²) < 4.78 is 3.86. The van der Waals surface area contributed by atoms with Gasteiger partial charge in [0.05, 0.1) is 10.6 Å². The lowest BCUT2D eigenvalue weighted by molar-refractivity contribution is 0.974. The van der Waals surface area contributed by atoms with E-state index in [-0.39, 0.29) is 0 Å². The molecule has 0 aliphatic heterocycles. The van der Waals surface area contributed by atoms with E-state index in [2.05, 4.69) is 23.1 Å². The summed E-state index contributed by atoms with van der Waals surface area (Å²) in [7, 11) is 0. The summed E-state index contributed by atoms with van der Waals surface area (Å²) in [6.45, 7) is 8.10. The van der Waals surface area contributed by atoms with Crippen LogP contribution in [0.1, 0.15) is 30.3 Å². The van der Waals surface area contributed by atoms with Crippen molar-refractivity contribution in [1.82, 2.24) is 9.59 Å². The summed E-state index contributed by atoms with van der Waals surface area (Å²) in [6, 6.07) is 0. The molecular weight excluding hydrogens is 156 g/mol. The van der Waals surface area contributed by atoms with Gasteiger partial charge in [0.15, 0.2) is 0 Å². The average Bonchev–Trinajstić information content (AvgIpc) is 2.36. The number of hydrogen-bond donors (Lipinski definition) is 0. The van der Waals surface area contributed by atoms with E-state index in [4.69, 9.17) is 0 Å². The van der Waals surface area contributed by atoms with Gasteiger partial charge in [0.1, 0.15) is 0 Å². The van der Waals surface area contributed by atoms with E-state index in [1.54, 1.807) is 0 Å². The number of hydrogen-bond acceptors (Lipinski definition) is 3. The number of aryl methyl sites for hydroxylation is 1. The highest BCUT2D eigenvalue weighted by Crippen LogP contribution is 2.22. The Morgan fingerprint density at radius 3 is 2.82 bits per heavy atom. The molecule has 0 unspecified atom stereocenters. The minimum atomic E-state index is 1.01. The van der Waals surface area contributed by atoms with Crippen molar-refractivity contribution < 1.29 is 0 Å². The van der Waals surface area contributed by atoms with Crippen LogP contribution in [0.5, 0.6) is 0 Å². The zero-order chi connectivity index (χ0) is 8.27. The van der Waals surface area contributed by atoms with Crippen molar-refractivity contribution in [3.63, 3.8) is 0 Å². The first kappa shape index (κ1) is 8.40. The zero-order valence-corrected chi connectivity index (χ0v) is 7.74. The predicted molar refractivity (Wildman–Crippen MR) is 48.6 cm³/mol. The van der Waals surface area contributed by atoms with Crippen molar-refractivity contribution in [3.05, 3.63) is 17.2 Å². The van der Waals surface area contributed by atoms with Gasteiger partial charge < -0.3 is 0 Å². The van der Waals surface area contributed by atoms with Crippen molar-refractivity contribution >= 4 is 17.1 Å². The largest absolute Gasteiger partial charge is 0.143 e. The quantitative estimate of drug-likeness (QED) is 0.693. The molecule has 2 nitrogen and oxygen atoms in total. The molecule has 0 atom stereocenters. The third kappa shape index (κ3) is 1.87. The van der Waals surface area contributed by atoms with Gasteiger partial charge in [-0.1, -0.05) is 24.4 Å². The zero-order valence-electron chi connectivity index (χ0n) is 6.92. The standard InChI is InChI=1S/C8H12N2S/c1-4-5-6(2)8-7(3)9-10-11-8/h2,4-5H2,1,3H3. The minimum Gasteiger partial charge on any atom is -0.143 e. The van der Waals surface area contributed by atoms with Crippen molar-refractivity contribution in [2.45, 2.75) is 26.7 Å². The fourth-order valence-corrected chi connectivity index (χ4v) is 1.62. The lowest BCUT2D eigenvalue weighted by atomic mass is 10.1. The van der Waals surface area contributed by atoms with E-state index in [0.717, 1.165) is 23.4 Å². The molecule has 0 fully saturated rings. The molecule has 0 radical (unpaired) electrons. The summed E-state index contributed by atoms with van der Waals surface area (Å²) in [6.07, 6.45) is 2.18. The molecule has 11 heavy (non-hydrogen) atoms. The van der Waals surface area contributed by atoms with Crippen LogP contribution in [0.4, 0.5) is 0 Å². The lowest BCUT2D eigenvalue weighted by Gasteiger charge is -1.98. The van der Waals surface area contributed by atoms with E-state index in [9.17, 15) is 0 Å². The molecule has 0 spiro atoms. The van der Waals surface area contributed by atoms with Gasteiger partial charge in [-0.3, -0.25) is 0 Å². The van der Waals surface area contributed by atoms with Gasteiger partial charge in [0.2, 0.25) is 0 Å². The number of rotatable bonds is 3. The van der Waals surface area contributed by atoms with Crippen LogP contribution in [-0.4, -0.2) is 9.59 Å². The lowest BCUT2D eigenvalue weighted by Crippen LogP contribution is -1.81. The van der Waals surface area contributed by atoms with E-state index in [1.807, 2.05) is 6.92 Å². The summed E-state index contributed by atoms with van der Waals surface area (Å²) >= 11 is 1.44. The van der Waals surface area contributed by atoms with E-state index in [0.29, 0.717) is 0 Å². The molecule has 0 bridgehead atoms. The van der Waals surface area contributed by atoms with Crippen LogP contribution in [0.25, 0.3) is 5.57 Å². The molecule has 0 aliphatic rings. The molecule has 1 aromatic heterocycles. The van der Waals surface area contributed by atoms with Crippen LogP contribution in [0.15, 0.2) is 6.58 Å². The third-order valence-corrected chi connectivity index (χ3v) is 2.45. The van der Waals surface area contributed by atoms with E-state index < -0.39 is 0 Å². The van der Waals surface area contributed by atoms with Crippen molar-refractivity contribution in [1.29, 1.82) is 0 Å². The van der Waals surface area contributed by atoms with Crippen LogP contribution >= 0.6 is 11.5 Å². The van der Waals surface area contributed by atoms with Crippen LogP contribution in [0, 0.1) is 6.92 Å². The summed E-state index contributed by atoms with van der Waals surface area (Å²) in [4.78, 5) is 1.16. The summed E-state index contributed by atoms with van der Waals surface area (Å²) in [5.41, 5.74) is 2.17. The Morgan fingerprint density at radius 2 is 2.36 bits per heavy atom. The summed E-state index contributed by atoms with van der Waals surface area (Å²) in [5, 5.41) is 3.93. The Balaban J connectivity index is 2.76. The molecule has 1 heterocycles. The maximum absolute atomic E-state index is 3.98. The molecule has 1 rings (SSSR count). The van der Waals surface area contributed by atoms with E-state index in [1.165, 1.54) is 17.1 Å². The first-order valence-corrected chi connectivity index (χ1v) is 4.50. The van der Waals surface area contributed by atoms with E-state index >= 15 is 0 Å². The van der Waals surface area contributed by atoms with Gasteiger partial charge in [-0.25, -0.2) is 0 Å². The molecule has 1 aromatic rings.